The van der Waals surface area contributed by atoms with Gasteiger partial charge in [-0.15, -0.1) is 5.10 Å². The normalized spacial score (nSPS) is 10.9. The van der Waals surface area contributed by atoms with Gasteiger partial charge in [-0.1, -0.05) is 30.0 Å². The van der Waals surface area contributed by atoms with Crippen molar-refractivity contribution in [1.29, 1.82) is 0 Å². The van der Waals surface area contributed by atoms with Crippen LogP contribution in [0.2, 0.25) is 0 Å². The van der Waals surface area contributed by atoms with E-state index in [1.165, 1.54) is 16.8 Å². The molecular weight excluding hydrogens is 388 g/mol. The molecule has 0 aliphatic carbocycles. The van der Waals surface area contributed by atoms with Crippen LogP contribution in [0.5, 0.6) is 5.75 Å². The zero-order valence-corrected chi connectivity index (χ0v) is 15.9. The van der Waals surface area contributed by atoms with Crippen molar-refractivity contribution in [2.75, 3.05) is 11.1 Å². The fourth-order valence-electron chi connectivity index (χ4n) is 2.37. The molecule has 1 N–H and O–H groups in total. The van der Waals surface area contributed by atoms with Crippen molar-refractivity contribution in [2.45, 2.75) is 25.6 Å². The number of tetrazole rings is 1. The average molecular weight is 405 g/mol. The van der Waals surface area contributed by atoms with Crippen molar-refractivity contribution in [3.8, 4) is 11.4 Å². The lowest BCUT2D eigenvalue weighted by Crippen LogP contribution is -2.16. The number of hydrogen-bond acceptors (Lipinski definition) is 6. The summed E-state index contributed by atoms with van der Waals surface area (Å²) < 4.78 is 30.9. The second-order valence-electron chi connectivity index (χ2n) is 5.85. The predicted octanol–water partition coefficient (Wildman–Crippen LogP) is 3.61. The molecular formula is C18H17F2N5O2S. The minimum absolute atomic E-state index is 0.00572. The zero-order chi connectivity index (χ0) is 20.1. The minimum atomic E-state index is -2.98. The van der Waals surface area contributed by atoms with E-state index >= 15 is 0 Å². The van der Waals surface area contributed by atoms with Crippen LogP contribution in [0.25, 0.3) is 5.69 Å². The molecule has 0 aliphatic heterocycles. The van der Waals surface area contributed by atoms with Gasteiger partial charge in [0.1, 0.15) is 5.75 Å². The molecule has 1 amide bonds. The van der Waals surface area contributed by atoms with Crippen LogP contribution in [0.1, 0.15) is 11.1 Å². The molecule has 0 saturated carbocycles. The number of aromatic nitrogens is 4. The molecule has 0 spiro atoms. The summed E-state index contributed by atoms with van der Waals surface area (Å²) in [5.41, 5.74) is 3.20. The van der Waals surface area contributed by atoms with Crippen LogP contribution < -0.4 is 10.1 Å². The summed E-state index contributed by atoms with van der Waals surface area (Å²) in [6.07, 6.45) is 0. The van der Waals surface area contributed by atoms with E-state index in [1.54, 1.807) is 12.1 Å². The number of benzene rings is 2. The first-order valence-corrected chi connectivity index (χ1v) is 9.25. The van der Waals surface area contributed by atoms with E-state index < -0.39 is 12.5 Å². The first-order chi connectivity index (χ1) is 13.4. The first kappa shape index (κ1) is 19.7. The van der Waals surface area contributed by atoms with E-state index in [4.69, 9.17) is 0 Å². The van der Waals surface area contributed by atoms with Crippen LogP contribution in [0.4, 0.5) is 14.5 Å². The highest BCUT2D eigenvalue weighted by Crippen LogP contribution is 2.26. The highest BCUT2D eigenvalue weighted by molar-refractivity contribution is 7.99. The van der Waals surface area contributed by atoms with Gasteiger partial charge in [0.25, 0.3) is 0 Å². The van der Waals surface area contributed by atoms with Crippen molar-refractivity contribution >= 4 is 23.4 Å². The Morgan fingerprint density at radius 2 is 2.00 bits per heavy atom. The number of aryl methyl sites for hydroxylation is 2. The molecule has 0 bridgehead atoms. The van der Waals surface area contributed by atoms with Crippen molar-refractivity contribution in [2.24, 2.45) is 0 Å². The quantitative estimate of drug-likeness (QED) is 0.605. The Morgan fingerprint density at radius 3 is 2.75 bits per heavy atom. The van der Waals surface area contributed by atoms with Gasteiger partial charge in [-0.2, -0.15) is 13.5 Å². The molecule has 1 aromatic heterocycles. The largest absolute Gasteiger partial charge is 0.433 e. The predicted molar refractivity (Wildman–Crippen MR) is 101 cm³/mol. The maximum absolute atomic E-state index is 12.5. The second kappa shape index (κ2) is 8.79. The minimum Gasteiger partial charge on any atom is -0.433 e. The zero-order valence-electron chi connectivity index (χ0n) is 15.1. The number of amides is 1. The number of alkyl halides is 2. The lowest BCUT2D eigenvalue weighted by Gasteiger charge is -2.11. The van der Waals surface area contributed by atoms with Gasteiger partial charge in [-0.05, 0) is 59.7 Å². The molecule has 0 fully saturated rings. The van der Waals surface area contributed by atoms with E-state index in [2.05, 4.69) is 25.6 Å². The summed E-state index contributed by atoms with van der Waals surface area (Å²) in [6, 6.07) is 11.8. The summed E-state index contributed by atoms with van der Waals surface area (Å²) in [5, 5.41) is 14.6. The molecule has 3 rings (SSSR count). The van der Waals surface area contributed by atoms with Gasteiger partial charge in [0, 0.05) is 0 Å². The van der Waals surface area contributed by atoms with Gasteiger partial charge >= 0.3 is 6.61 Å². The lowest BCUT2D eigenvalue weighted by molar-refractivity contribution is -0.113. The van der Waals surface area contributed by atoms with Gasteiger partial charge in [0.05, 0.1) is 17.1 Å². The molecule has 3 aromatic rings. The van der Waals surface area contributed by atoms with Crippen molar-refractivity contribution in [1.82, 2.24) is 20.2 Å². The summed E-state index contributed by atoms with van der Waals surface area (Å²) in [6.45, 7) is 1.02. The molecule has 0 saturated heterocycles. The SMILES string of the molecule is Cc1ccc(-n2nnnc2SCC(=O)Nc2ccccc2OC(F)F)cc1C. The fourth-order valence-corrected chi connectivity index (χ4v) is 3.06. The van der Waals surface area contributed by atoms with E-state index in [1.807, 2.05) is 32.0 Å². The summed E-state index contributed by atoms with van der Waals surface area (Å²) >= 11 is 1.13. The molecule has 0 atom stereocenters. The smallest absolute Gasteiger partial charge is 0.387 e. The fraction of sp³-hybridized carbons (Fsp3) is 0.222. The number of thioether (sulfide) groups is 1. The van der Waals surface area contributed by atoms with Gasteiger partial charge in [-0.25, -0.2) is 0 Å². The monoisotopic (exact) mass is 405 g/mol. The summed E-state index contributed by atoms with van der Waals surface area (Å²) in [5.74, 6) is -0.505. The van der Waals surface area contributed by atoms with Gasteiger partial charge < -0.3 is 10.1 Å². The third-order valence-corrected chi connectivity index (χ3v) is 4.80. The topological polar surface area (TPSA) is 81.9 Å². The third-order valence-electron chi connectivity index (χ3n) is 3.89. The Labute approximate surface area is 164 Å². The Morgan fingerprint density at radius 1 is 1.21 bits per heavy atom. The molecule has 28 heavy (non-hydrogen) atoms. The van der Waals surface area contributed by atoms with Crippen LogP contribution >= 0.6 is 11.8 Å². The molecule has 146 valence electrons. The highest BCUT2D eigenvalue weighted by Gasteiger charge is 2.14. The maximum Gasteiger partial charge on any atom is 0.387 e. The Kier molecular flexibility index (Phi) is 6.19. The number of anilines is 1. The third kappa shape index (κ3) is 4.83. The molecule has 1 heterocycles. The molecule has 10 heteroatoms. The van der Waals surface area contributed by atoms with Crippen LogP contribution in [-0.4, -0.2) is 38.5 Å². The molecule has 7 nitrogen and oxygen atoms in total. The molecule has 0 aliphatic rings. The van der Waals surface area contributed by atoms with E-state index in [-0.39, 0.29) is 17.2 Å². The van der Waals surface area contributed by atoms with Crippen molar-refractivity contribution in [3.05, 3.63) is 53.6 Å². The van der Waals surface area contributed by atoms with Gasteiger partial charge in [-0.3, -0.25) is 4.79 Å². The Bertz CT molecular complexity index is 980. The van der Waals surface area contributed by atoms with E-state index in [9.17, 15) is 13.6 Å². The van der Waals surface area contributed by atoms with Gasteiger partial charge in [0.15, 0.2) is 0 Å². The molecule has 2 aromatic carbocycles. The first-order valence-electron chi connectivity index (χ1n) is 8.26. The van der Waals surface area contributed by atoms with Crippen LogP contribution in [-0.2, 0) is 4.79 Å². The number of carbonyl (C=O) groups is 1. The lowest BCUT2D eigenvalue weighted by atomic mass is 10.1. The standard InChI is InChI=1S/C18H17F2N5O2S/c1-11-7-8-13(9-12(11)2)25-18(22-23-24-25)28-10-16(26)21-14-5-3-4-6-15(14)27-17(19)20/h3-9,17H,10H2,1-2H3,(H,21,26). The van der Waals surface area contributed by atoms with Crippen LogP contribution in [0, 0.1) is 13.8 Å². The number of para-hydroxylation sites is 2. The number of ether oxygens (including phenoxy) is 1. The van der Waals surface area contributed by atoms with Gasteiger partial charge in [0.2, 0.25) is 11.1 Å². The number of carbonyl (C=O) groups excluding carboxylic acids is 1. The van der Waals surface area contributed by atoms with Crippen LogP contribution in [0.3, 0.4) is 0 Å². The maximum atomic E-state index is 12.5. The molecule has 0 radical (unpaired) electrons. The number of nitrogens with zero attached hydrogens (tertiary/aromatic N) is 4. The van der Waals surface area contributed by atoms with Crippen molar-refractivity contribution < 1.29 is 18.3 Å². The number of hydrogen-bond donors (Lipinski definition) is 1. The number of rotatable bonds is 7. The summed E-state index contributed by atoms with van der Waals surface area (Å²) in [4.78, 5) is 12.2. The van der Waals surface area contributed by atoms with E-state index in [0.717, 1.165) is 28.6 Å². The highest BCUT2D eigenvalue weighted by atomic mass is 32.2. The Balaban J connectivity index is 1.67. The molecule has 0 unspecified atom stereocenters. The Hall–Kier alpha value is -3.01. The number of nitrogens with one attached hydrogen (secondary N) is 1. The van der Waals surface area contributed by atoms with Crippen molar-refractivity contribution in [3.63, 3.8) is 0 Å². The van der Waals surface area contributed by atoms with Crippen LogP contribution in [0.15, 0.2) is 47.6 Å². The summed E-state index contributed by atoms with van der Waals surface area (Å²) in [7, 11) is 0. The second-order valence-corrected chi connectivity index (χ2v) is 6.80. The number of halogens is 2. The average Bonchev–Trinajstić information content (AvgIpc) is 3.12. The van der Waals surface area contributed by atoms with E-state index in [0.29, 0.717) is 5.16 Å².